The molecule has 1 aliphatic rings. The number of piperidine rings is 1. The molecule has 1 aliphatic heterocycles. The molecule has 112 valence electrons. The van der Waals surface area contributed by atoms with Gasteiger partial charge in [0.1, 0.15) is 0 Å². The Bertz CT molecular complexity index is 456. The van der Waals surface area contributed by atoms with Crippen LogP contribution in [0.25, 0.3) is 0 Å². The highest BCUT2D eigenvalue weighted by Crippen LogP contribution is 2.16. The summed E-state index contributed by atoms with van der Waals surface area (Å²) in [6.45, 7) is 6.33. The van der Waals surface area contributed by atoms with Crippen molar-refractivity contribution in [2.45, 2.75) is 32.7 Å². The van der Waals surface area contributed by atoms with E-state index < -0.39 is 0 Å². The first kappa shape index (κ1) is 17.0. The minimum Gasteiger partial charge on any atom is -0.328 e. The van der Waals surface area contributed by atoms with Gasteiger partial charge in [-0.1, -0.05) is 12.1 Å². The summed E-state index contributed by atoms with van der Waals surface area (Å²) in [6, 6.07) is 6.40. The average molecular weight is 298 g/mol. The largest absolute Gasteiger partial charge is 0.328 e. The summed E-state index contributed by atoms with van der Waals surface area (Å²) in [4.78, 5) is 14.2. The van der Waals surface area contributed by atoms with Crippen LogP contribution in [0.4, 0.5) is 5.69 Å². The molecular weight excluding hydrogens is 274 g/mol. The molecular formula is C15H24ClN3O. The van der Waals surface area contributed by atoms with E-state index in [9.17, 15) is 4.79 Å². The van der Waals surface area contributed by atoms with Crippen LogP contribution in [0.5, 0.6) is 0 Å². The Kier molecular flexibility index (Phi) is 6.46. The minimum absolute atomic E-state index is 0. The maximum atomic E-state index is 12.0. The molecule has 3 N–H and O–H groups in total. The van der Waals surface area contributed by atoms with E-state index in [0.717, 1.165) is 42.7 Å². The zero-order chi connectivity index (χ0) is 13.8. The number of aryl methyl sites for hydroxylation is 2. The first-order chi connectivity index (χ1) is 9.04. The molecule has 2 rings (SSSR count). The van der Waals surface area contributed by atoms with Crippen molar-refractivity contribution in [3.05, 3.63) is 29.3 Å². The Morgan fingerprint density at radius 1 is 1.35 bits per heavy atom. The summed E-state index contributed by atoms with van der Waals surface area (Å²) in [7, 11) is 0. The van der Waals surface area contributed by atoms with Gasteiger partial charge in [-0.2, -0.15) is 0 Å². The molecule has 0 atom stereocenters. The number of nitrogens with zero attached hydrogens (tertiary/aromatic N) is 1. The van der Waals surface area contributed by atoms with Gasteiger partial charge in [0.05, 0.1) is 6.54 Å². The summed E-state index contributed by atoms with van der Waals surface area (Å²) in [5.41, 5.74) is 9.03. The molecule has 4 nitrogen and oxygen atoms in total. The molecule has 0 spiro atoms. The smallest absolute Gasteiger partial charge is 0.238 e. The lowest BCUT2D eigenvalue weighted by molar-refractivity contribution is -0.117. The number of likely N-dealkylation sites (tertiary alicyclic amines) is 1. The maximum absolute atomic E-state index is 12.0. The van der Waals surface area contributed by atoms with Crippen molar-refractivity contribution in [2.75, 3.05) is 25.0 Å². The second kappa shape index (κ2) is 7.62. The van der Waals surface area contributed by atoms with Gasteiger partial charge in [0.25, 0.3) is 0 Å². The van der Waals surface area contributed by atoms with E-state index in [0.29, 0.717) is 12.6 Å². The lowest BCUT2D eigenvalue weighted by Crippen LogP contribution is -2.43. The maximum Gasteiger partial charge on any atom is 0.238 e. The van der Waals surface area contributed by atoms with E-state index in [2.05, 4.69) is 16.3 Å². The van der Waals surface area contributed by atoms with Crippen LogP contribution in [0.3, 0.4) is 0 Å². The molecule has 20 heavy (non-hydrogen) atoms. The number of anilines is 1. The van der Waals surface area contributed by atoms with Gasteiger partial charge < -0.3 is 11.1 Å². The van der Waals surface area contributed by atoms with Crippen molar-refractivity contribution >= 4 is 24.0 Å². The van der Waals surface area contributed by atoms with Crippen molar-refractivity contribution in [1.82, 2.24) is 4.90 Å². The zero-order valence-electron chi connectivity index (χ0n) is 12.2. The number of amides is 1. The summed E-state index contributed by atoms with van der Waals surface area (Å²) < 4.78 is 0. The molecule has 1 aromatic rings. The van der Waals surface area contributed by atoms with Gasteiger partial charge in [-0.3, -0.25) is 9.69 Å². The van der Waals surface area contributed by atoms with Crippen LogP contribution in [0.2, 0.25) is 0 Å². The van der Waals surface area contributed by atoms with Crippen LogP contribution in [0.1, 0.15) is 24.0 Å². The predicted octanol–water partition coefficient (Wildman–Crippen LogP) is 2.09. The quantitative estimate of drug-likeness (QED) is 0.898. The standard InChI is InChI=1S/C15H23N3O.ClH/c1-11-3-4-12(2)14(9-11)17-15(19)10-18-7-5-13(16)6-8-18;/h3-4,9,13H,5-8,10,16H2,1-2H3,(H,17,19);1H. The molecule has 1 saturated heterocycles. The number of hydrogen-bond acceptors (Lipinski definition) is 3. The third kappa shape index (κ3) is 4.78. The molecule has 0 bridgehead atoms. The summed E-state index contributed by atoms with van der Waals surface area (Å²) in [6.07, 6.45) is 1.97. The molecule has 0 aliphatic carbocycles. The summed E-state index contributed by atoms with van der Waals surface area (Å²) in [5, 5.41) is 3.00. The van der Waals surface area contributed by atoms with Gasteiger partial charge in [-0.05, 0) is 43.9 Å². The Balaban J connectivity index is 0.00000200. The second-order valence-electron chi connectivity index (χ2n) is 5.48. The highest BCUT2D eigenvalue weighted by Gasteiger charge is 2.18. The topological polar surface area (TPSA) is 58.4 Å². The predicted molar refractivity (Wildman–Crippen MR) is 85.4 cm³/mol. The van der Waals surface area contributed by atoms with Gasteiger partial charge >= 0.3 is 0 Å². The number of nitrogens with one attached hydrogen (secondary N) is 1. The van der Waals surface area contributed by atoms with E-state index in [-0.39, 0.29) is 18.3 Å². The molecule has 0 unspecified atom stereocenters. The van der Waals surface area contributed by atoms with Gasteiger partial charge in [0, 0.05) is 24.8 Å². The molecule has 5 heteroatoms. The average Bonchev–Trinajstić information content (AvgIpc) is 2.37. The molecule has 0 radical (unpaired) electrons. The molecule has 1 amide bonds. The Morgan fingerprint density at radius 2 is 2.00 bits per heavy atom. The fraction of sp³-hybridized carbons (Fsp3) is 0.533. The molecule has 0 aromatic heterocycles. The lowest BCUT2D eigenvalue weighted by atomic mass is 10.1. The number of carbonyl (C=O) groups excluding carboxylic acids is 1. The van der Waals surface area contributed by atoms with Crippen LogP contribution < -0.4 is 11.1 Å². The van der Waals surface area contributed by atoms with E-state index >= 15 is 0 Å². The SMILES string of the molecule is Cc1ccc(C)c(NC(=O)CN2CCC(N)CC2)c1.Cl. The van der Waals surface area contributed by atoms with Gasteiger partial charge in [0.15, 0.2) is 0 Å². The summed E-state index contributed by atoms with van der Waals surface area (Å²) in [5.74, 6) is 0.0594. The third-order valence-corrected chi connectivity index (χ3v) is 3.67. The Hall–Kier alpha value is -1.10. The highest BCUT2D eigenvalue weighted by molar-refractivity contribution is 5.93. The second-order valence-corrected chi connectivity index (χ2v) is 5.48. The van der Waals surface area contributed by atoms with E-state index in [1.165, 1.54) is 0 Å². The van der Waals surface area contributed by atoms with E-state index in [1.54, 1.807) is 0 Å². The van der Waals surface area contributed by atoms with Crippen molar-refractivity contribution < 1.29 is 4.79 Å². The van der Waals surface area contributed by atoms with E-state index in [4.69, 9.17) is 5.73 Å². The van der Waals surface area contributed by atoms with E-state index in [1.807, 2.05) is 26.0 Å². The lowest BCUT2D eigenvalue weighted by Gasteiger charge is -2.29. The number of rotatable bonds is 3. The van der Waals surface area contributed by atoms with Gasteiger partial charge in [-0.15, -0.1) is 12.4 Å². The van der Waals surface area contributed by atoms with Gasteiger partial charge in [-0.25, -0.2) is 0 Å². The van der Waals surface area contributed by atoms with Crippen LogP contribution in [-0.4, -0.2) is 36.5 Å². The van der Waals surface area contributed by atoms with Gasteiger partial charge in [0.2, 0.25) is 5.91 Å². The van der Waals surface area contributed by atoms with Crippen LogP contribution in [0, 0.1) is 13.8 Å². The number of halogens is 1. The fourth-order valence-electron chi connectivity index (χ4n) is 2.37. The fourth-order valence-corrected chi connectivity index (χ4v) is 2.37. The number of benzene rings is 1. The number of carbonyl (C=O) groups is 1. The third-order valence-electron chi connectivity index (χ3n) is 3.67. The van der Waals surface area contributed by atoms with Crippen LogP contribution in [0.15, 0.2) is 18.2 Å². The molecule has 1 aromatic carbocycles. The normalized spacial score (nSPS) is 16.6. The van der Waals surface area contributed by atoms with Crippen LogP contribution in [-0.2, 0) is 4.79 Å². The molecule has 1 heterocycles. The van der Waals surface area contributed by atoms with Crippen molar-refractivity contribution in [2.24, 2.45) is 5.73 Å². The van der Waals surface area contributed by atoms with Crippen LogP contribution >= 0.6 is 12.4 Å². The van der Waals surface area contributed by atoms with Crippen molar-refractivity contribution in [3.63, 3.8) is 0 Å². The Morgan fingerprint density at radius 3 is 2.65 bits per heavy atom. The van der Waals surface area contributed by atoms with Crippen molar-refractivity contribution in [3.8, 4) is 0 Å². The minimum atomic E-state index is 0. The Labute approximate surface area is 127 Å². The molecule has 1 fully saturated rings. The first-order valence-corrected chi connectivity index (χ1v) is 6.89. The zero-order valence-corrected chi connectivity index (χ0v) is 13.0. The molecule has 0 saturated carbocycles. The first-order valence-electron chi connectivity index (χ1n) is 6.89. The number of hydrogen-bond donors (Lipinski definition) is 2. The monoisotopic (exact) mass is 297 g/mol. The number of nitrogens with two attached hydrogens (primary N) is 1. The highest BCUT2D eigenvalue weighted by atomic mass is 35.5. The summed E-state index contributed by atoms with van der Waals surface area (Å²) >= 11 is 0. The van der Waals surface area contributed by atoms with Crippen molar-refractivity contribution in [1.29, 1.82) is 0 Å².